The van der Waals surface area contributed by atoms with Crippen molar-refractivity contribution in [3.63, 3.8) is 0 Å². The van der Waals surface area contributed by atoms with Gasteiger partial charge in [0.05, 0.1) is 30.3 Å². The lowest BCUT2D eigenvalue weighted by Crippen LogP contribution is -2.30. The maximum atomic E-state index is 13.3. The summed E-state index contributed by atoms with van der Waals surface area (Å²) in [5, 5.41) is 14.1. The first kappa shape index (κ1) is 21.6. The number of nitrogens with zero attached hydrogens (tertiary/aromatic N) is 3. The summed E-state index contributed by atoms with van der Waals surface area (Å²) in [5.41, 5.74) is 0.241. The Morgan fingerprint density at radius 3 is 2.64 bits per heavy atom. The molecule has 0 aliphatic rings. The van der Waals surface area contributed by atoms with Crippen LogP contribution in [0.5, 0.6) is 5.75 Å². The molecule has 10 heteroatoms. The van der Waals surface area contributed by atoms with Crippen molar-refractivity contribution in [2.24, 2.45) is 0 Å². The van der Waals surface area contributed by atoms with E-state index in [9.17, 15) is 24.1 Å². The molecule has 4 rings (SSSR count). The second-order valence-electron chi connectivity index (χ2n) is 7.09. The van der Waals surface area contributed by atoms with Crippen molar-refractivity contribution in [3.8, 4) is 5.75 Å². The van der Waals surface area contributed by atoms with Crippen LogP contribution in [0.4, 0.5) is 15.8 Å². The first-order valence-corrected chi connectivity index (χ1v) is 9.74. The van der Waals surface area contributed by atoms with E-state index in [1.165, 1.54) is 54.3 Å². The second kappa shape index (κ2) is 8.87. The average Bonchev–Trinajstić information content (AvgIpc) is 2.82. The largest absolute Gasteiger partial charge is 0.494 e. The van der Waals surface area contributed by atoms with Crippen LogP contribution in [0.2, 0.25) is 0 Å². The molecule has 0 aliphatic carbocycles. The van der Waals surface area contributed by atoms with Crippen molar-refractivity contribution < 1.29 is 18.8 Å². The molecule has 0 spiro atoms. The average molecular weight is 448 g/mol. The van der Waals surface area contributed by atoms with E-state index in [1.54, 1.807) is 24.3 Å². The summed E-state index contributed by atoms with van der Waals surface area (Å²) in [6.07, 6.45) is 1.53. The molecule has 33 heavy (non-hydrogen) atoms. The molecule has 0 aliphatic heterocycles. The Kier molecular flexibility index (Phi) is 5.81. The molecule has 1 amide bonds. The smallest absolute Gasteiger partial charge is 0.273 e. The van der Waals surface area contributed by atoms with Crippen molar-refractivity contribution in [1.82, 2.24) is 9.55 Å². The molecular formula is C23H17FN4O5. The number of carbonyl (C=O) groups excluding carboxylic acids is 1. The number of anilines is 1. The summed E-state index contributed by atoms with van der Waals surface area (Å²) in [5.74, 6) is -1.04. The number of amides is 1. The van der Waals surface area contributed by atoms with Gasteiger partial charge in [0, 0.05) is 17.6 Å². The van der Waals surface area contributed by atoms with E-state index in [0.717, 1.165) is 0 Å². The highest BCUT2D eigenvalue weighted by Crippen LogP contribution is 2.29. The zero-order chi connectivity index (χ0) is 23.5. The molecule has 2 heterocycles. The molecule has 0 atom stereocenters. The van der Waals surface area contributed by atoms with Crippen LogP contribution in [0, 0.1) is 15.9 Å². The lowest BCUT2D eigenvalue weighted by Gasteiger charge is -2.13. The zero-order valence-corrected chi connectivity index (χ0v) is 17.3. The maximum absolute atomic E-state index is 13.3. The van der Waals surface area contributed by atoms with Gasteiger partial charge >= 0.3 is 0 Å². The predicted molar refractivity (Wildman–Crippen MR) is 119 cm³/mol. The van der Waals surface area contributed by atoms with E-state index in [4.69, 9.17) is 4.74 Å². The monoisotopic (exact) mass is 448 g/mol. The molecule has 0 saturated heterocycles. The normalized spacial score (nSPS) is 10.7. The third-order valence-corrected chi connectivity index (χ3v) is 4.99. The van der Waals surface area contributed by atoms with Crippen molar-refractivity contribution in [1.29, 1.82) is 0 Å². The molecule has 9 nitrogen and oxygen atoms in total. The topological polar surface area (TPSA) is 116 Å². The number of nitro groups is 1. The van der Waals surface area contributed by atoms with Crippen LogP contribution in [-0.2, 0) is 6.54 Å². The van der Waals surface area contributed by atoms with Crippen LogP contribution in [0.3, 0.4) is 0 Å². The summed E-state index contributed by atoms with van der Waals surface area (Å²) in [4.78, 5) is 41.0. The number of benzene rings is 2. The Morgan fingerprint density at radius 2 is 1.94 bits per heavy atom. The van der Waals surface area contributed by atoms with E-state index < -0.39 is 22.2 Å². The molecule has 0 saturated carbocycles. The number of carbonyl (C=O) groups is 1. The summed E-state index contributed by atoms with van der Waals surface area (Å²) < 4.78 is 19.8. The molecule has 0 fully saturated rings. The predicted octanol–water partition coefficient (Wildman–Crippen LogP) is 3.75. The summed E-state index contributed by atoms with van der Waals surface area (Å²) in [6.45, 7) is 0.0780. The summed E-state index contributed by atoms with van der Waals surface area (Å²) in [6, 6.07) is 14.2. The van der Waals surface area contributed by atoms with Gasteiger partial charge in [0.1, 0.15) is 22.8 Å². The number of aromatic nitrogens is 2. The number of non-ortho nitro benzene ring substituents is 1. The number of hydrogen-bond acceptors (Lipinski definition) is 6. The molecule has 0 bridgehead atoms. The van der Waals surface area contributed by atoms with Gasteiger partial charge in [0.25, 0.3) is 17.2 Å². The molecule has 0 unspecified atom stereocenters. The summed E-state index contributed by atoms with van der Waals surface area (Å²) in [7, 11) is 1.31. The fourth-order valence-electron chi connectivity index (χ4n) is 3.37. The Hall–Kier alpha value is -4.60. The van der Waals surface area contributed by atoms with Crippen LogP contribution in [0.15, 0.2) is 71.7 Å². The van der Waals surface area contributed by atoms with Crippen LogP contribution in [-0.4, -0.2) is 27.5 Å². The van der Waals surface area contributed by atoms with Crippen LogP contribution < -0.4 is 15.6 Å². The number of fused-ring (bicyclic) bond motifs is 1. The molecular weight excluding hydrogens is 431 g/mol. The fourth-order valence-corrected chi connectivity index (χ4v) is 3.37. The quantitative estimate of drug-likeness (QED) is 0.355. The number of ether oxygens (including phenoxy) is 1. The van der Waals surface area contributed by atoms with Crippen molar-refractivity contribution >= 4 is 28.3 Å². The molecule has 4 aromatic rings. The fraction of sp³-hybridized carbons (Fsp3) is 0.0870. The Morgan fingerprint density at radius 1 is 1.18 bits per heavy atom. The minimum atomic E-state index is -0.717. The highest BCUT2D eigenvalue weighted by molar-refractivity contribution is 6.06. The van der Waals surface area contributed by atoms with E-state index in [-0.39, 0.29) is 29.2 Å². The van der Waals surface area contributed by atoms with Crippen molar-refractivity contribution in [3.05, 3.63) is 104 Å². The SMILES string of the molecule is COc1cc([N+](=O)[O-])ccc1NC(=O)c1cc2cccnc2n(Cc2ccc(F)cc2)c1=O. The number of pyridine rings is 2. The molecule has 166 valence electrons. The second-order valence-corrected chi connectivity index (χ2v) is 7.09. The van der Waals surface area contributed by atoms with Crippen molar-refractivity contribution in [2.45, 2.75) is 6.54 Å². The van der Waals surface area contributed by atoms with Gasteiger partial charge in [-0.2, -0.15) is 0 Å². The van der Waals surface area contributed by atoms with Gasteiger partial charge in [-0.15, -0.1) is 0 Å². The third-order valence-electron chi connectivity index (χ3n) is 4.99. The lowest BCUT2D eigenvalue weighted by molar-refractivity contribution is -0.384. The molecule has 0 radical (unpaired) electrons. The van der Waals surface area contributed by atoms with Crippen molar-refractivity contribution in [2.75, 3.05) is 12.4 Å². The van der Waals surface area contributed by atoms with Crippen LogP contribution in [0.1, 0.15) is 15.9 Å². The lowest BCUT2D eigenvalue weighted by atomic mass is 10.1. The van der Waals surface area contributed by atoms with E-state index >= 15 is 0 Å². The van der Waals surface area contributed by atoms with Gasteiger partial charge in [0.2, 0.25) is 0 Å². The highest BCUT2D eigenvalue weighted by Gasteiger charge is 2.19. The van der Waals surface area contributed by atoms with E-state index in [0.29, 0.717) is 16.6 Å². The van der Waals surface area contributed by atoms with Crippen LogP contribution >= 0.6 is 0 Å². The van der Waals surface area contributed by atoms with Gasteiger partial charge < -0.3 is 10.1 Å². The van der Waals surface area contributed by atoms with Gasteiger partial charge in [-0.25, -0.2) is 9.37 Å². The first-order chi connectivity index (χ1) is 15.9. The maximum Gasteiger partial charge on any atom is 0.273 e. The Bertz CT molecular complexity index is 1430. The minimum absolute atomic E-state index is 0.0756. The zero-order valence-electron chi connectivity index (χ0n) is 17.3. The van der Waals surface area contributed by atoms with E-state index in [2.05, 4.69) is 10.3 Å². The standard InChI is InChI=1S/C23H17FN4O5/c1-33-20-12-17(28(31)32)8-9-19(20)26-22(29)18-11-15-3-2-10-25-21(15)27(23(18)30)13-14-4-6-16(24)7-5-14/h2-12H,13H2,1H3,(H,26,29). The highest BCUT2D eigenvalue weighted by atomic mass is 19.1. The molecule has 2 aromatic carbocycles. The van der Waals surface area contributed by atoms with Gasteiger partial charge in [-0.05, 0) is 42.0 Å². The van der Waals surface area contributed by atoms with Gasteiger partial charge in [-0.1, -0.05) is 12.1 Å². The minimum Gasteiger partial charge on any atom is -0.494 e. The van der Waals surface area contributed by atoms with Gasteiger partial charge in [0.15, 0.2) is 0 Å². The number of methoxy groups -OCH3 is 1. The summed E-state index contributed by atoms with van der Waals surface area (Å²) >= 11 is 0. The van der Waals surface area contributed by atoms with Crippen LogP contribution in [0.25, 0.3) is 11.0 Å². The number of rotatable bonds is 6. The Labute approximate surface area is 186 Å². The first-order valence-electron chi connectivity index (χ1n) is 9.74. The van der Waals surface area contributed by atoms with E-state index in [1.807, 2.05) is 0 Å². The third kappa shape index (κ3) is 4.40. The molecule has 2 aromatic heterocycles. The number of nitrogens with one attached hydrogen (secondary N) is 1. The Balaban J connectivity index is 1.76. The number of hydrogen-bond donors (Lipinski definition) is 1. The number of nitro benzene ring substituents is 1. The number of halogens is 1. The molecule has 1 N–H and O–H groups in total. The van der Waals surface area contributed by atoms with Gasteiger partial charge in [-0.3, -0.25) is 24.3 Å².